The topological polar surface area (TPSA) is 41.5 Å². The summed E-state index contributed by atoms with van der Waals surface area (Å²) in [5.41, 5.74) is 1.13. The molecule has 1 rings (SSSR count). The third-order valence-electron chi connectivity index (χ3n) is 4.23. The maximum absolute atomic E-state index is 9.53. The van der Waals surface area contributed by atoms with Crippen molar-refractivity contribution in [1.82, 2.24) is 5.32 Å². The molecule has 0 heterocycles. The molecule has 1 aromatic rings. The predicted octanol–water partition coefficient (Wildman–Crippen LogP) is 3.50. The van der Waals surface area contributed by atoms with Gasteiger partial charge < -0.3 is 15.2 Å². The van der Waals surface area contributed by atoms with Crippen molar-refractivity contribution in [3.8, 4) is 5.75 Å². The smallest absolute Gasteiger partial charge is 0.119 e. The number of rotatable bonds is 9. The van der Waals surface area contributed by atoms with Crippen LogP contribution >= 0.6 is 0 Å². The van der Waals surface area contributed by atoms with Crippen molar-refractivity contribution < 1.29 is 9.84 Å². The summed E-state index contributed by atoms with van der Waals surface area (Å²) in [4.78, 5) is 0. The fraction of sp³-hybridized carbons (Fsp3) is 0.667. The molecule has 0 aliphatic rings. The van der Waals surface area contributed by atoms with E-state index in [0.29, 0.717) is 6.61 Å². The first-order chi connectivity index (χ1) is 9.87. The van der Waals surface area contributed by atoms with Crippen LogP contribution in [0, 0.1) is 0 Å². The van der Waals surface area contributed by atoms with Crippen LogP contribution in [0.25, 0.3) is 0 Å². The molecule has 21 heavy (non-hydrogen) atoms. The van der Waals surface area contributed by atoms with E-state index in [-0.39, 0.29) is 12.0 Å². The zero-order chi connectivity index (χ0) is 15.9. The van der Waals surface area contributed by atoms with E-state index in [0.717, 1.165) is 25.1 Å². The average Bonchev–Trinajstić information content (AvgIpc) is 2.51. The fourth-order valence-corrected chi connectivity index (χ4v) is 2.03. The molecule has 2 N–H and O–H groups in total. The number of ether oxygens (including phenoxy) is 1. The Balaban J connectivity index is 2.63. The van der Waals surface area contributed by atoms with Gasteiger partial charge in [0.15, 0.2) is 0 Å². The molecule has 3 heteroatoms. The second-order valence-corrected chi connectivity index (χ2v) is 6.70. The van der Waals surface area contributed by atoms with E-state index in [9.17, 15) is 5.11 Å². The molecule has 0 saturated carbocycles. The lowest BCUT2D eigenvalue weighted by Gasteiger charge is -2.29. The molecule has 1 aromatic carbocycles. The van der Waals surface area contributed by atoms with Gasteiger partial charge in [-0.3, -0.25) is 0 Å². The van der Waals surface area contributed by atoms with Gasteiger partial charge in [0.05, 0.1) is 12.1 Å². The Bertz CT molecular complexity index is 414. The SMILES string of the molecule is CCCNC(C)(CO)COc1ccc(C(C)(C)CC)cc1. The Kier molecular flexibility index (Phi) is 6.69. The first-order valence-electron chi connectivity index (χ1n) is 7.96. The number of nitrogens with one attached hydrogen (secondary N) is 1. The second kappa shape index (κ2) is 7.81. The molecule has 0 radical (unpaired) electrons. The minimum Gasteiger partial charge on any atom is -0.492 e. The van der Waals surface area contributed by atoms with Crippen molar-refractivity contribution >= 4 is 0 Å². The van der Waals surface area contributed by atoms with Gasteiger partial charge in [0.1, 0.15) is 12.4 Å². The van der Waals surface area contributed by atoms with Crippen LogP contribution in [0.3, 0.4) is 0 Å². The maximum Gasteiger partial charge on any atom is 0.119 e. The van der Waals surface area contributed by atoms with Gasteiger partial charge in [0, 0.05) is 0 Å². The highest BCUT2D eigenvalue weighted by atomic mass is 16.5. The number of aliphatic hydroxyl groups excluding tert-OH is 1. The van der Waals surface area contributed by atoms with Crippen molar-refractivity contribution in [3.63, 3.8) is 0 Å². The van der Waals surface area contributed by atoms with Gasteiger partial charge in [0.25, 0.3) is 0 Å². The largest absolute Gasteiger partial charge is 0.492 e. The number of benzene rings is 1. The Hall–Kier alpha value is -1.06. The third-order valence-corrected chi connectivity index (χ3v) is 4.23. The molecule has 120 valence electrons. The van der Waals surface area contributed by atoms with E-state index < -0.39 is 5.54 Å². The zero-order valence-corrected chi connectivity index (χ0v) is 14.2. The highest BCUT2D eigenvalue weighted by Gasteiger charge is 2.23. The van der Waals surface area contributed by atoms with Crippen molar-refractivity contribution in [2.75, 3.05) is 19.8 Å². The van der Waals surface area contributed by atoms with E-state index in [1.54, 1.807) is 0 Å². The van der Waals surface area contributed by atoms with E-state index in [1.165, 1.54) is 5.56 Å². The maximum atomic E-state index is 9.53. The lowest BCUT2D eigenvalue weighted by molar-refractivity contribution is 0.116. The summed E-state index contributed by atoms with van der Waals surface area (Å²) in [6.45, 7) is 12.2. The first kappa shape index (κ1) is 18.0. The summed E-state index contributed by atoms with van der Waals surface area (Å²) in [7, 11) is 0. The van der Waals surface area contributed by atoms with Crippen molar-refractivity contribution in [2.45, 2.75) is 58.4 Å². The summed E-state index contributed by atoms with van der Waals surface area (Å²) >= 11 is 0. The van der Waals surface area contributed by atoms with Gasteiger partial charge in [-0.15, -0.1) is 0 Å². The highest BCUT2D eigenvalue weighted by Crippen LogP contribution is 2.28. The predicted molar refractivity (Wildman–Crippen MR) is 89.0 cm³/mol. The van der Waals surface area contributed by atoms with Crippen LogP contribution in [0.1, 0.15) is 53.0 Å². The van der Waals surface area contributed by atoms with Crippen molar-refractivity contribution in [1.29, 1.82) is 0 Å². The van der Waals surface area contributed by atoms with Crippen LogP contribution < -0.4 is 10.1 Å². The van der Waals surface area contributed by atoms with Gasteiger partial charge in [-0.1, -0.05) is 39.8 Å². The van der Waals surface area contributed by atoms with E-state index in [2.05, 4.69) is 45.1 Å². The Labute approximate surface area is 129 Å². The van der Waals surface area contributed by atoms with Crippen molar-refractivity contribution in [3.05, 3.63) is 29.8 Å². The van der Waals surface area contributed by atoms with Crippen LogP contribution in [0.15, 0.2) is 24.3 Å². The minimum absolute atomic E-state index is 0.0634. The normalized spacial score (nSPS) is 14.8. The molecule has 1 unspecified atom stereocenters. The molecule has 1 atom stereocenters. The van der Waals surface area contributed by atoms with Crippen LogP contribution in [0.4, 0.5) is 0 Å². The number of hydrogen-bond acceptors (Lipinski definition) is 3. The lowest BCUT2D eigenvalue weighted by atomic mass is 9.82. The van der Waals surface area contributed by atoms with Gasteiger partial charge in [-0.25, -0.2) is 0 Å². The second-order valence-electron chi connectivity index (χ2n) is 6.70. The molecule has 0 aromatic heterocycles. The van der Waals surface area contributed by atoms with Gasteiger partial charge >= 0.3 is 0 Å². The molecular formula is C18H31NO2. The molecular weight excluding hydrogens is 262 g/mol. The average molecular weight is 293 g/mol. The quantitative estimate of drug-likeness (QED) is 0.732. The summed E-state index contributed by atoms with van der Waals surface area (Å²) < 4.78 is 5.84. The van der Waals surface area contributed by atoms with Crippen LogP contribution in [-0.4, -0.2) is 30.4 Å². The zero-order valence-electron chi connectivity index (χ0n) is 14.2. The van der Waals surface area contributed by atoms with E-state index in [4.69, 9.17) is 4.74 Å². The van der Waals surface area contributed by atoms with Gasteiger partial charge in [0.2, 0.25) is 0 Å². The molecule has 3 nitrogen and oxygen atoms in total. The monoisotopic (exact) mass is 293 g/mol. The molecule has 0 aliphatic heterocycles. The summed E-state index contributed by atoms with van der Waals surface area (Å²) in [5, 5.41) is 12.9. The number of hydrogen-bond donors (Lipinski definition) is 2. The molecule has 0 spiro atoms. The van der Waals surface area contributed by atoms with Gasteiger partial charge in [-0.05, 0) is 49.4 Å². The third kappa shape index (κ3) is 5.33. The Morgan fingerprint density at radius 3 is 2.19 bits per heavy atom. The van der Waals surface area contributed by atoms with E-state index in [1.807, 2.05) is 19.1 Å². The number of aliphatic hydroxyl groups is 1. The molecule has 0 aliphatic carbocycles. The summed E-state index contributed by atoms with van der Waals surface area (Å²) in [6.07, 6.45) is 2.15. The fourth-order valence-electron chi connectivity index (χ4n) is 2.03. The molecule has 0 amide bonds. The Morgan fingerprint density at radius 2 is 1.71 bits per heavy atom. The van der Waals surface area contributed by atoms with Crippen LogP contribution in [0.5, 0.6) is 5.75 Å². The Morgan fingerprint density at radius 1 is 1.10 bits per heavy atom. The summed E-state index contributed by atoms with van der Waals surface area (Å²) in [6, 6.07) is 8.30. The highest BCUT2D eigenvalue weighted by molar-refractivity contribution is 5.31. The van der Waals surface area contributed by atoms with Crippen LogP contribution in [-0.2, 0) is 5.41 Å². The van der Waals surface area contributed by atoms with Crippen molar-refractivity contribution in [2.24, 2.45) is 0 Å². The standard InChI is InChI=1S/C18H31NO2/c1-6-12-19-18(5,13-20)14-21-16-10-8-15(9-11-16)17(3,4)7-2/h8-11,19-20H,6-7,12-14H2,1-5H3. The van der Waals surface area contributed by atoms with E-state index >= 15 is 0 Å². The minimum atomic E-state index is -0.391. The van der Waals surface area contributed by atoms with Crippen LogP contribution in [0.2, 0.25) is 0 Å². The lowest BCUT2D eigenvalue weighted by Crippen LogP contribution is -2.50. The van der Waals surface area contributed by atoms with Gasteiger partial charge in [-0.2, -0.15) is 0 Å². The first-order valence-corrected chi connectivity index (χ1v) is 7.96. The summed E-state index contributed by atoms with van der Waals surface area (Å²) in [5.74, 6) is 0.851. The molecule has 0 bridgehead atoms. The molecule has 0 fully saturated rings. The molecule has 0 saturated heterocycles.